The van der Waals surface area contributed by atoms with Crippen molar-refractivity contribution in [1.29, 1.82) is 0 Å². The van der Waals surface area contributed by atoms with Crippen LogP contribution in [-0.2, 0) is 0 Å². The second-order valence-corrected chi connectivity index (χ2v) is 6.97. The lowest BCUT2D eigenvalue weighted by molar-refractivity contribution is 0.209. The highest BCUT2D eigenvalue weighted by molar-refractivity contribution is 5.30. The standard InChI is InChI=1S/C16H30N4/c1-13-11-20(14-9-7-6-8-10-14)15(18-13)17-12-16(2,3)19(4)5/h11,14H,6-10,12H2,1-5H3,(H,17,18). The van der Waals surface area contributed by atoms with Crippen molar-refractivity contribution in [2.75, 3.05) is 26.0 Å². The van der Waals surface area contributed by atoms with E-state index in [4.69, 9.17) is 0 Å². The van der Waals surface area contributed by atoms with E-state index in [1.807, 2.05) is 0 Å². The quantitative estimate of drug-likeness (QED) is 0.895. The number of rotatable bonds is 5. The summed E-state index contributed by atoms with van der Waals surface area (Å²) in [7, 11) is 4.25. The van der Waals surface area contributed by atoms with Gasteiger partial charge in [0.15, 0.2) is 0 Å². The van der Waals surface area contributed by atoms with Crippen molar-refractivity contribution < 1.29 is 0 Å². The molecular formula is C16H30N4. The molecule has 20 heavy (non-hydrogen) atoms. The summed E-state index contributed by atoms with van der Waals surface area (Å²) in [5.41, 5.74) is 1.23. The number of anilines is 1. The fraction of sp³-hybridized carbons (Fsp3) is 0.812. The molecule has 1 saturated carbocycles. The Balaban J connectivity index is 2.07. The molecular weight excluding hydrogens is 248 g/mol. The van der Waals surface area contributed by atoms with Crippen molar-refractivity contribution in [2.45, 2.75) is 64.5 Å². The Morgan fingerprint density at radius 3 is 2.55 bits per heavy atom. The van der Waals surface area contributed by atoms with E-state index in [9.17, 15) is 0 Å². The molecule has 1 aliphatic rings. The second kappa shape index (κ2) is 6.17. The maximum Gasteiger partial charge on any atom is 0.203 e. The maximum atomic E-state index is 4.68. The minimum absolute atomic E-state index is 0.122. The SMILES string of the molecule is Cc1cn(C2CCCCC2)c(NCC(C)(C)N(C)C)n1. The van der Waals surface area contributed by atoms with Crippen LogP contribution >= 0.6 is 0 Å². The first-order valence-electron chi connectivity index (χ1n) is 7.87. The topological polar surface area (TPSA) is 33.1 Å². The van der Waals surface area contributed by atoms with Crippen molar-refractivity contribution in [1.82, 2.24) is 14.5 Å². The number of hydrogen-bond donors (Lipinski definition) is 1. The monoisotopic (exact) mass is 278 g/mol. The van der Waals surface area contributed by atoms with E-state index in [2.05, 4.69) is 60.8 Å². The van der Waals surface area contributed by atoms with Crippen molar-refractivity contribution in [2.24, 2.45) is 0 Å². The van der Waals surface area contributed by atoms with Crippen molar-refractivity contribution in [3.63, 3.8) is 0 Å². The summed E-state index contributed by atoms with van der Waals surface area (Å²) < 4.78 is 2.38. The van der Waals surface area contributed by atoms with Gasteiger partial charge in [0.05, 0.1) is 5.69 Å². The van der Waals surface area contributed by atoms with Crippen molar-refractivity contribution in [3.05, 3.63) is 11.9 Å². The molecule has 0 saturated heterocycles. The number of imidazole rings is 1. The first-order chi connectivity index (χ1) is 9.40. The molecule has 2 rings (SSSR count). The zero-order chi connectivity index (χ0) is 14.8. The largest absolute Gasteiger partial charge is 0.354 e. The molecule has 0 radical (unpaired) electrons. The van der Waals surface area contributed by atoms with Crippen LogP contribution in [-0.4, -0.2) is 40.6 Å². The smallest absolute Gasteiger partial charge is 0.203 e. The number of likely N-dealkylation sites (N-methyl/N-ethyl adjacent to an activating group) is 1. The third kappa shape index (κ3) is 3.54. The van der Waals surface area contributed by atoms with E-state index in [1.54, 1.807) is 0 Å². The van der Waals surface area contributed by atoms with Gasteiger partial charge in [-0.2, -0.15) is 0 Å². The molecule has 0 amide bonds. The van der Waals surface area contributed by atoms with Gasteiger partial charge in [-0.15, -0.1) is 0 Å². The Hall–Kier alpha value is -1.03. The van der Waals surface area contributed by atoms with Gasteiger partial charge >= 0.3 is 0 Å². The van der Waals surface area contributed by atoms with Gasteiger partial charge in [-0.25, -0.2) is 4.98 Å². The van der Waals surface area contributed by atoms with Crippen molar-refractivity contribution >= 4 is 5.95 Å². The molecule has 1 heterocycles. The van der Waals surface area contributed by atoms with Gasteiger partial charge in [0, 0.05) is 24.3 Å². The highest BCUT2D eigenvalue weighted by atomic mass is 15.2. The maximum absolute atomic E-state index is 4.68. The number of nitrogens with one attached hydrogen (secondary N) is 1. The lowest BCUT2D eigenvalue weighted by atomic mass is 9.95. The van der Waals surface area contributed by atoms with Gasteiger partial charge in [0.1, 0.15) is 0 Å². The predicted octanol–water partition coefficient (Wildman–Crippen LogP) is 3.45. The average Bonchev–Trinajstić information content (AvgIpc) is 2.79. The van der Waals surface area contributed by atoms with Crippen LogP contribution in [0.2, 0.25) is 0 Å². The normalized spacial score (nSPS) is 17.7. The molecule has 0 spiro atoms. The molecule has 0 unspecified atom stereocenters. The highest BCUT2D eigenvalue weighted by Crippen LogP contribution is 2.31. The fourth-order valence-electron chi connectivity index (χ4n) is 2.74. The molecule has 1 aromatic heterocycles. The lowest BCUT2D eigenvalue weighted by Gasteiger charge is -2.33. The Morgan fingerprint density at radius 2 is 1.95 bits per heavy atom. The van der Waals surface area contributed by atoms with Crippen LogP contribution in [0.5, 0.6) is 0 Å². The summed E-state index contributed by atoms with van der Waals surface area (Å²) in [5, 5.41) is 3.56. The molecule has 1 aliphatic carbocycles. The van der Waals surface area contributed by atoms with Gasteiger partial charge in [0.2, 0.25) is 5.95 Å². The Labute approximate surface area is 123 Å². The number of hydrogen-bond acceptors (Lipinski definition) is 3. The Morgan fingerprint density at radius 1 is 1.30 bits per heavy atom. The van der Waals surface area contributed by atoms with E-state index in [1.165, 1.54) is 32.1 Å². The van der Waals surface area contributed by atoms with Gasteiger partial charge in [-0.05, 0) is 47.7 Å². The van der Waals surface area contributed by atoms with Crippen LogP contribution in [0.3, 0.4) is 0 Å². The molecule has 114 valence electrons. The summed E-state index contributed by atoms with van der Waals surface area (Å²) in [6, 6.07) is 0.634. The molecule has 0 aromatic carbocycles. The molecule has 0 atom stereocenters. The molecule has 1 N–H and O–H groups in total. The lowest BCUT2D eigenvalue weighted by Crippen LogP contribution is -2.44. The first kappa shape index (κ1) is 15.4. The number of aryl methyl sites for hydroxylation is 1. The zero-order valence-electron chi connectivity index (χ0n) is 13.7. The minimum Gasteiger partial charge on any atom is -0.354 e. The third-order valence-corrected chi connectivity index (χ3v) is 4.71. The number of nitrogens with zero attached hydrogens (tertiary/aromatic N) is 3. The third-order valence-electron chi connectivity index (χ3n) is 4.71. The zero-order valence-corrected chi connectivity index (χ0v) is 13.7. The summed E-state index contributed by atoms with van der Waals surface area (Å²) in [6.07, 6.45) is 8.89. The fourth-order valence-corrected chi connectivity index (χ4v) is 2.74. The van der Waals surface area contributed by atoms with Crippen LogP contribution in [0.25, 0.3) is 0 Å². The number of aromatic nitrogens is 2. The van der Waals surface area contributed by atoms with Crippen molar-refractivity contribution in [3.8, 4) is 0 Å². The second-order valence-electron chi connectivity index (χ2n) is 6.97. The van der Waals surface area contributed by atoms with Crippen LogP contribution in [0.1, 0.15) is 57.7 Å². The first-order valence-corrected chi connectivity index (χ1v) is 7.87. The molecule has 4 heteroatoms. The molecule has 1 aromatic rings. The van der Waals surface area contributed by atoms with Crippen LogP contribution in [0.4, 0.5) is 5.95 Å². The predicted molar refractivity (Wildman–Crippen MR) is 85.3 cm³/mol. The summed E-state index contributed by atoms with van der Waals surface area (Å²) in [4.78, 5) is 6.93. The molecule has 0 aliphatic heterocycles. The molecule has 1 fully saturated rings. The molecule has 4 nitrogen and oxygen atoms in total. The van der Waals surface area contributed by atoms with E-state index >= 15 is 0 Å². The average molecular weight is 278 g/mol. The van der Waals surface area contributed by atoms with E-state index in [0.29, 0.717) is 6.04 Å². The van der Waals surface area contributed by atoms with Gasteiger partial charge < -0.3 is 14.8 Å². The van der Waals surface area contributed by atoms with E-state index in [-0.39, 0.29) is 5.54 Å². The minimum atomic E-state index is 0.122. The van der Waals surface area contributed by atoms with Crippen LogP contribution in [0.15, 0.2) is 6.20 Å². The van der Waals surface area contributed by atoms with E-state index in [0.717, 1.165) is 18.2 Å². The Bertz CT molecular complexity index is 428. The van der Waals surface area contributed by atoms with Gasteiger partial charge in [-0.1, -0.05) is 19.3 Å². The summed E-state index contributed by atoms with van der Waals surface area (Å²) >= 11 is 0. The van der Waals surface area contributed by atoms with Gasteiger partial charge in [-0.3, -0.25) is 0 Å². The van der Waals surface area contributed by atoms with E-state index < -0.39 is 0 Å². The van der Waals surface area contributed by atoms with Crippen LogP contribution in [0, 0.1) is 6.92 Å². The van der Waals surface area contributed by atoms with Gasteiger partial charge in [0.25, 0.3) is 0 Å². The Kier molecular flexibility index (Phi) is 4.74. The van der Waals surface area contributed by atoms with Crippen LogP contribution < -0.4 is 5.32 Å². The molecule has 0 bridgehead atoms. The summed E-state index contributed by atoms with van der Waals surface area (Å²) in [6.45, 7) is 7.49. The highest BCUT2D eigenvalue weighted by Gasteiger charge is 2.23. The summed E-state index contributed by atoms with van der Waals surface area (Å²) in [5.74, 6) is 1.05.